The zero-order valence-corrected chi connectivity index (χ0v) is 9.84. The van der Waals surface area contributed by atoms with Gasteiger partial charge in [0.2, 0.25) is 0 Å². The fourth-order valence-corrected chi connectivity index (χ4v) is 1.46. The zero-order chi connectivity index (χ0) is 11.0. The van der Waals surface area contributed by atoms with Crippen LogP contribution in [-0.4, -0.2) is 46.7 Å². The lowest BCUT2D eigenvalue weighted by Crippen LogP contribution is -2.25. The maximum Gasteiger partial charge on any atom is 0.399 e. The summed E-state index contributed by atoms with van der Waals surface area (Å²) in [6.07, 6.45) is 0.685. The maximum atomic E-state index is 10.7. The van der Waals surface area contributed by atoms with Gasteiger partial charge in [-0.2, -0.15) is 8.42 Å². The van der Waals surface area contributed by atoms with Crippen LogP contribution in [0.4, 0.5) is 0 Å². The molecule has 0 fully saturated rings. The molecule has 0 bridgehead atoms. The van der Waals surface area contributed by atoms with E-state index in [-0.39, 0.29) is 6.61 Å². The van der Waals surface area contributed by atoms with Crippen molar-refractivity contribution in [2.24, 2.45) is 0 Å². The summed E-state index contributed by atoms with van der Waals surface area (Å²) >= 11 is 0. The third kappa shape index (κ3) is 6.31. The van der Waals surface area contributed by atoms with Gasteiger partial charge >= 0.3 is 10.4 Å². The van der Waals surface area contributed by atoms with Gasteiger partial charge in [0.05, 0.1) is 13.7 Å². The highest BCUT2D eigenvalue weighted by Crippen LogP contribution is 1.96. The van der Waals surface area contributed by atoms with Crippen LogP contribution in [0.15, 0.2) is 0 Å². The van der Waals surface area contributed by atoms with Gasteiger partial charge in [-0.25, -0.2) is 4.18 Å². The summed E-state index contributed by atoms with van der Waals surface area (Å²) in [6.45, 7) is 7.08. The van der Waals surface area contributed by atoms with Gasteiger partial charge < -0.3 is 4.90 Å². The van der Waals surface area contributed by atoms with Gasteiger partial charge in [-0.15, -0.1) is 0 Å². The lowest BCUT2D eigenvalue weighted by atomic mass is 10.4. The lowest BCUT2D eigenvalue weighted by Gasteiger charge is -2.17. The van der Waals surface area contributed by atoms with E-state index in [0.29, 0.717) is 6.42 Å². The van der Waals surface area contributed by atoms with Crippen molar-refractivity contribution in [3.8, 4) is 0 Å². The van der Waals surface area contributed by atoms with Crippen molar-refractivity contribution < 1.29 is 16.8 Å². The monoisotopic (exact) mass is 225 g/mol. The average Bonchev–Trinajstić information content (AvgIpc) is 2.18. The largest absolute Gasteiger partial charge is 0.399 e. The molecule has 0 spiro atoms. The minimum absolute atomic E-state index is 0.173. The first-order valence-electron chi connectivity index (χ1n) is 4.73. The number of nitrogens with zero attached hydrogens (tertiary/aromatic N) is 1. The molecular weight excluding hydrogens is 206 g/mol. The van der Waals surface area contributed by atoms with Gasteiger partial charge in [-0.1, -0.05) is 13.8 Å². The molecule has 5 nitrogen and oxygen atoms in total. The van der Waals surface area contributed by atoms with E-state index in [4.69, 9.17) is 0 Å². The number of rotatable bonds is 8. The molecule has 0 aromatic carbocycles. The van der Waals surface area contributed by atoms with Crippen LogP contribution < -0.4 is 0 Å². The average molecular weight is 225 g/mol. The second kappa shape index (κ2) is 7.17. The van der Waals surface area contributed by atoms with E-state index in [1.165, 1.54) is 0 Å². The molecule has 86 valence electrons. The van der Waals surface area contributed by atoms with E-state index >= 15 is 0 Å². The highest BCUT2D eigenvalue weighted by atomic mass is 32.3. The predicted octanol–water partition coefficient (Wildman–Crippen LogP) is 0.626. The van der Waals surface area contributed by atoms with Crippen LogP contribution in [-0.2, 0) is 18.8 Å². The normalized spacial score (nSPS) is 12.3. The standard InChI is InChI=1S/C8H19NO4S/c1-4-9(5-2)7-6-8-13-14(10,11)12-3/h4-8H2,1-3H3. The highest BCUT2D eigenvalue weighted by molar-refractivity contribution is 7.81. The van der Waals surface area contributed by atoms with Crippen molar-refractivity contribution in [2.75, 3.05) is 33.4 Å². The summed E-state index contributed by atoms with van der Waals surface area (Å²) < 4.78 is 30.1. The molecule has 0 rings (SSSR count). The topological polar surface area (TPSA) is 55.8 Å². The molecule has 0 aliphatic carbocycles. The van der Waals surface area contributed by atoms with Gasteiger partial charge in [0.25, 0.3) is 0 Å². The quantitative estimate of drug-likeness (QED) is 0.567. The highest BCUT2D eigenvalue weighted by Gasteiger charge is 2.08. The van der Waals surface area contributed by atoms with Gasteiger partial charge in [0, 0.05) is 6.54 Å². The molecule has 0 unspecified atom stereocenters. The molecule has 6 heteroatoms. The molecule has 0 aromatic rings. The van der Waals surface area contributed by atoms with Crippen LogP contribution in [0.2, 0.25) is 0 Å². The number of hydrogen-bond acceptors (Lipinski definition) is 5. The van der Waals surface area contributed by atoms with E-state index in [1.807, 2.05) is 0 Å². The van der Waals surface area contributed by atoms with E-state index in [0.717, 1.165) is 26.7 Å². The fraction of sp³-hybridized carbons (Fsp3) is 1.00. The Labute approximate surface area is 86.3 Å². The third-order valence-electron chi connectivity index (χ3n) is 1.94. The minimum Gasteiger partial charge on any atom is -0.304 e. The van der Waals surface area contributed by atoms with Crippen LogP contribution in [0.25, 0.3) is 0 Å². The molecule has 0 saturated heterocycles. The summed E-state index contributed by atoms with van der Waals surface area (Å²) in [5.41, 5.74) is 0. The molecule has 0 atom stereocenters. The Morgan fingerprint density at radius 2 is 1.79 bits per heavy atom. The van der Waals surface area contributed by atoms with Crippen LogP contribution in [0.1, 0.15) is 20.3 Å². The predicted molar refractivity (Wildman–Crippen MR) is 54.3 cm³/mol. The summed E-state index contributed by atoms with van der Waals surface area (Å²) in [6, 6.07) is 0. The Bertz CT molecular complexity index is 223. The van der Waals surface area contributed by atoms with E-state index in [1.54, 1.807) is 0 Å². The van der Waals surface area contributed by atoms with Crippen molar-refractivity contribution in [3.63, 3.8) is 0 Å². The Balaban J connectivity index is 3.56. The molecular formula is C8H19NO4S. The molecule has 14 heavy (non-hydrogen) atoms. The Morgan fingerprint density at radius 1 is 1.21 bits per heavy atom. The molecule has 0 saturated carbocycles. The SMILES string of the molecule is CCN(CC)CCCOS(=O)(=O)OC. The van der Waals surface area contributed by atoms with Crippen LogP contribution in [0.5, 0.6) is 0 Å². The van der Waals surface area contributed by atoms with Crippen molar-refractivity contribution >= 4 is 10.4 Å². The molecule has 0 amide bonds. The minimum atomic E-state index is -3.75. The maximum absolute atomic E-state index is 10.7. The Hall–Kier alpha value is -0.170. The van der Waals surface area contributed by atoms with Crippen molar-refractivity contribution in [1.82, 2.24) is 4.90 Å². The smallest absolute Gasteiger partial charge is 0.304 e. The molecule has 0 aliphatic heterocycles. The zero-order valence-electron chi connectivity index (χ0n) is 9.02. The molecule has 0 heterocycles. The summed E-state index contributed by atoms with van der Waals surface area (Å²) in [5.74, 6) is 0. The second-order valence-corrected chi connectivity index (χ2v) is 4.16. The Morgan fingerprint density at radius 3 is 2.21 bits per heavy atom. The summed E-state index contributed by atoms with van der Waals surface area (Å²) in [7, 11) is -2.67. The first-order chi connectivity index (χ1) is 6.55. The number of hydrogen-bond donors (Lipinski definition) is 0. The van der Waals surface area contributed by atoms with Gasteiger partial charge in [-0.05, 0) is 19.5 Å². The second-order valence-electron chi connectivity index (χ2n) is 2.78. The van der Waals surface area contributed by atoms with E-state index < -0.39 is 10.4 Å². The van der Waals surface area contributed by atoms with Crippen LogP contribution >= 0.6 is 0 Å². The lowest BCUT2D eigenvalue weighted by molar-refractivity contribution is 0.218. The first-order valence-corrected chi connectivity index (χ1v) is 6.06. The van der Waals surface area contributed by atoms with E-state index in [2.05, 4.69) is 27.1 Å². The molecule has 0 radical (unpaired) electrons. The van der Waals surface area contributed by atoms with Crippen molar-refractivity contribution in [3.05, 3.63) is 0 Å². The van der Waals surface area contributed by atoms with Crippen LogP contribution in [0, 0.1) is 0 Å². The van der Waals surface area contributed by atoms with Crippen molar-refractivity contribution in [1.29, 1.82) is 0 Å². The summed E-state index contributed by atoms with van der Waals surface area (Å²) in [5, 5.41) is 0. The van der Waals surface area contributed by atoms with Gasteiger partial charge in [-0.3, -0.25) is 4.18 Å². The fourth-order valence-electron chi connectivity index (χ4n) is 1.04. The Kier molecular flexibility index (Phi) is 7.08. The van der Waals surface area contributed by atoms with E-state index in [9.17, 15) is 8.42 Å². The van der Waals surface area contributed by atoms with Crippen molar-refractivity contribution in [2.45, 2.75) is 20.3 Å². The van der Waals surface area contributed by atoms with Crippen LogP contribution in [0.3, 0.4) is 0 Å². The summed E-state index contributed by atoms with van der Waals surface area (Å²) in [4.78, 5) is 2.20. The van der Waals surface area contributed by atoms with Gasteiger partial charge in [0.1, 0.15) is 0 Å². The first kappa shape index (κ1) is 13.8. The molecule has 0 aromatic heterocycles. The third-order valence-corrected chi connectivity index (χ3v) is 2.81. The molecule has 0 aliphatic rings. The van der Waals surface area contributed by atoms with Gasteiger partial charge in [0.15, 0.2) is 0 Å². The molecule has 0 N–H and O–H groups in total.